The predicted octanol–water partition coefficient (Wildman–Crippen LogP) is 3.67. The van der Waals surface area contributed by atoms with Gasteiger partial charge in [-0.1, -0.05) is 38.2 Å². The number of carbonyl (C=O) groups excluding carboxylic acids is 2. The first-order valence-corrected chi connectivity index (χ1v) is 7.88. The minimum atomic E-state index is -0.550. The third kappa shape index (κ3) is 5.23. The van der Waals surface area contributed by atoms with Crippen LogP contribution in [0.2, 0.25) is 0 Å². The summed E-state index contributed by atoms with van der Waals surface area (Å²) in [5, 5.41) is 3.06. The highest BCUT2D eigenvalue weighted by atomic mass is 16.5. The smallest absolute Gasteiger partial charge is 0.335 e. The maximum Gasteiger partial charge on any atom is 0.335 e. The molecule has 1 rings (SSSR count). The lowest BCUT2D eigenvalue weighted by Gasteiger charge is -2.31. The van der Waals surface area contributed by atoms with Crippen molar-refractivity contribution in [2.24, 2.45) is 11.3 Å². The Balaban J connectivity index is 2.73. The monoisotopic (exact) mass is 317 g/mol. The fraction of sp³-hybridized carbons (Fsp3) is 0.474. The molecule has 0 saturated heterocycles. The molecule has 4 heteroatoms. The van der Waals surface area contributed by atoms with Gasteiger partial charge >= 0.3 is 5.97 Å². The minimum Gasteiger partial charge on any atom is -0.424 e. The van der Waals surface area contributed by atoms with Crippen molar-refractivity contribution in [3.63, 3.8) is 0 Å². The molecule has 4 nitrogen and oxygen atoms in total. The van der Waals surface area contributed by atoms with Gasteiger partial charge in [-0.05, 0) is 45.3 Å². The van der Waals surface area contributed by atoms with Crippen LogP contribution in [-0.4, -0.2) is 17.9 Å². The van der Waals surface area contributed by atoms with E-state index in [-0.39, 0.29) is 17.9 Å². The molecular weight excluding hydrogens is 290 g/mol. The van der Waals surface area contributed by atoms with Crippen LogP contribution in [0.1, 0.15) is 41.0 Å². The molecule has 0 radical (unpaired) electrons. The second-order valence-electron chi connectivity index (χ2n) is 6.57. The maximum absolute atomic E-state index is 12.7. The Morgan fingerprint density at radius 3 is 2.52 bits per heavy atom. The molecule has 0 aromatic heterocycles. The molecule has 2 unspecified atom stereocenters. The molecule has 2 atom stereocenters. The van der Waals surface area contributed by atoms with E-state index >= 15 is 0 Å². The van der Waals surface area contributed by atoms with Crippen LogP contribution in [0.15, 0.2) is 48.3 Å². The van der Waals surface area contributed by atoms with Crippen molar-refractivity contribution >= 4 is 11.9 Å². The number of esters is 1. The van der Waals surface area contributed by atoms with E-state index in [0.717, 1.165) is 11.6 Å². The van der Waals surface area contributed by atoms with Crippen LogP contribution in [0.4, 0.5) is 0 Å². The van der Waals surface area contributed by atoms with Crippen LogP contribution in [-0.2, 0) is 14.3 Å². The molecule has 1 amide bonds. The second-order valence-corrected chi connectivity index (χ2v) is 6.57. The van der Waals surface area contributed by atoms with E-state index in [1.165, 1.54) is 0 Å². The number of carbonyl (C=O) groups is 2. The minimum absolute atomic E-state index is 0.00304. The predicted molar refractivity (Wildman–Crippen MR) is 92.4 cm³/mol. The zero-order chi connectivity index (χ0) is 17.6. The lowest BCUT2D eigenvalue weighted by Crippen LogP contribution is -2.45. The molecule has 126 valence electrons. The number of nitrogens with one attached hydrogen (secondary N) is 1. The van der Waals surface area contributed by atoms with Gasteiger partial charge in [-0.3, -0.25) is 4.79 Å². The quantitative estimate of drug-likeness (QED) is 0.462. The Hall–Kier alpha value is -2.10. The molecule has 0 saturated carbocycles. The number of rotatable bonds is 6. The number of hydrogen-bond acceptors (Lipinski definition) is 3. The van der Waals surface area contributed by atoms with Crippen LogP contribution in [0, 0.1) is 11.3 Å². The zero-order valence-electron chi connectivity index (χ0n) is 14.7. The van der Waals surface area contributed by atoms with Crippen molar-refractivity contribution in [3.8, 4) is 0 Å². The first-order valence-electron chi connectivity index (χ1n) is 7.88. The van der Waals surface area contributed by atoms with Gasteiger partial charge in [0.15, 0.2) is 0 Å². The third-order valence-corrected chi connectivity index (χ3v) is 4.04. The summed E-state index contributed by atoms with van der Waals surface area (Å²) in [4.78, 5) is 23.9. The summed E-state index contributed by atoms with van der Waals surface area (Å²) in [6.07, 6.45) is 9.06. The van der Waals surface area contributed by atoms with Crippen molar-refractivity contribution in [1.82, 2.24) is 5.32 Å². The summed E-state index contributed by atoms with van der Waals surface area (Å²) in [7, 11) is 0. The van der Waals surface area contributed by atoms with Gasteiger partial charge in [0.05, 0.1) is 11.5 Å². The van der Waals surface area contributed by atoms with Crippen LogP contribution in [0.3, 0.4) is 0 Å². The molecule has 0 aromatic rings. The fourth-order valence-electron chi connectivity index (χ4n) is 2.36. The molecular formula is C19H27NO3. The highest BCUT2D eigenvalue weighted by molar-refractivity contribution is 5.85. The molecule has 0 bridgehead atoms. The highest BCUT2D eigenvalue weighted by Crippen LogP contribution is 2.31. The molecule has 0 aliphatic heterocycles. The second kappa shape index (κ2) is 7.95. The molecule has 0 aromatic carbocycles. The van der Waals surface area contributed by atoms with Gasteiger partial charge in [-0.15, -0.1) is 0 Å². The van der Waals surface area contributed by atoms with E-state index in [1.54, 1.807) is 12.2 Å². The van der Waals surface area contributed by atoms with E-state index in [4.69, 9.17) is 4.74 Å². The Morgan fingerprint density at radius 1 is 1.43 bits per heavy atom. The molecule has 1 aliphatic carbocycles. The fourth-order valence-corrected chi connectivity index (χ4v) is 2.36. The van der Waals surface area contributed by atoms with Crippen LogP contribution >= 0.6 is 0 Å². The van der Waals surface area contributed by atoms with Gasteiger partial charge in [0.1, 0.15) is 5.76 Å². The number of amides is 1. The van der Waals surface area contributed by atoms with Crippen molar-refractivity contribution in [2.45, 2.75) is 47.1 Å². The van der Waals surface area contributed by atoms with Crippen LogP contribution in [0.5, 0.6) is 0 Å². The zero-order valence-corrected chi connectivity index (χ0v) is 14.7. The molecule has 1 N–H and O–H groups in total. The topological polar surface area (TPSA) is 55.4 Å². The molecule has 0 spiro atoms. The van der Waals surface area contributed by atoms with Crippen molar-refractivity contribution in [3.05, 3.63) is 48.3 Å². The molecule has 0 fully saturated rings. The number of hydrogen-bond donors (Lipinski definition) is 1. The van der Waals surface area contributed by atoms with Gasteiger partial charge in [0, 0.05) is 6.08 Å². The largest absolute Gasteiger partial charge is 0.424 e. The lowest BCUT2D eigenvalue weighted by molar-refractivity contribution is -0.133. The van der Waals surface area contributed by atoms with Gasteiger partial charge in [-0.25, -0.2) is 4.79 Å². The Labute approximate surface area is 139 Å². The van der Waals surface area contributed by atoms with Crippen molar-refractivity contribution in [1.29, 1.82) is 0 Å². The van der Waals surface area contributed by atoms with Crippen LogP contribution in [0.25, 0.3) is 0 Å². The number of ether oxygens (including phenoxy) is 1. The Bertz CT molecular complexity index is 565. The summed E-state index contributed by atoms with van der Waals surface area (Å²) in [5.41, 5.74) is 0.570. The van der Waals surface area contributed by atoms with Crippen molar-refractivity contribution in [2.75, 3.05) is 0 Å². The summed E-state index contributed by atoms with van der Waals surface area (Å²) in [6.45, 7) is 13.4. The standard InChI is InChI=1S/C19H27NO3/c1-7-17(21)23-16-10-8-15(9-11-16)20-18(22)19(6,14(4)5)12-13(2)3/h7-8,10-12,14-15H,1,9H2,2-6H3,(H,20,22). The normalized spacial score (nSPS) is 19.4. The molecule has 0 heterocycles. The first-order chi connectivity index (χ1) is 10.7. The molecule has 1 aliphatic rings. The highest BCUT2D eigenvalue weighted by Gasteiger charge is 2.35. The van der Waals surface area contributed by atoms with E-state index in [9.17, 15) is 9.59 Å². The van der Waals surface area contributed by atoms with E-state index < -0.39 is 11.4 Å². The summed E-state index contributed by atoms with van der Waals surface area (Å²) >= 11 is 0. The average Bonchev–Trinajstić information content (AvgIpc) is 2.48. The average molecular weight is 317 g/mol. The van der Waals surface area contributed by atoms with E-state index in [0.29, 0.717) is 12.2 Å². The Kier molecular flexibility index (Phi) is 6.55. The number of allylic oxidation sites excluding steroid dienone is 2. The maximum atomic E-state index is 12.7. The van der Waals surface area contributed by atoms with Gasteiger partial charge in [0.2, 0.25) is 5.91 Å². The van der Waals surface area contributed by atoms with Gasteiger partial charge in [-0.2, -0.15) is 0 Å². The molecule has 23 heavy (non-hydrogen) atoms. The summed E-state index contributed by atoms with van der Waals surface area (Å²) in [6, 6.07) is -0.0997. The van der Waals surface area contributed by atoms with Crippen LogP contribution < -0.4 is 5.32 Å². The SMILES string of the molecule is C=CC(=O)OC1=CCC(NC(=O)C(C)(C=C(C)C)C(C)C)C=C1. The lowest BCUT2D eigenvalue weighted by atomic mass is 9.76. The summed E-state index contributed by atoms with van der Waals surface area (Å²) in [5.74, 6) is 0.184. The third-order valence-electron chi connectivity index (χ3n) is 4.04. The van der Waals surface area contributed by atoms with Gasteiger partial charge < -0.3 is 10.1 Å². The van der Waals surface area contributed by atoms with E-state index in [1.807, 2.05) is 46.8 Å². The van der Waals surface area contributed by atoms with E-state index in [2.05, 4.69) is 11.9 Å². The van der Waals surface area contributed by atoms with Crippen molar-refractivity contribution < 1.29 is 14.3 Å². The van der Waals surface area contributed by atoms with Gasteiger partial charge in [0.25, 0.3) is 0 Å². The summed E-state index contributed by atoms with van der Waals surface area (Å²) < 4.78 is 5.05. The Morgan fingerprint density at radius 2 is 2.09 bits per heavy atom. The first kappa shape index (κ1) is 18.9.